The maximum atomic E-state index is 13.4. The second-order valence-corrected chi connectivity index (χ2v) is 6.46. The highest BCUT2D eigenvalue weighted by Crippen LogP contribution is 2.21. The number of hydrogen-bond acceptors (Lipinski definition) is 4. The third kappa shape index (κ3) is 4.84. The first-order valence-electron chi connectivity index (χ1n) is 8.98. The molecule has 1 aliphatic heterocycles. The summed E-state index contributed by atoms with van der Waals surface area (Å²) in [7, 11) is 1.62. The van der Waals surface area contributed by atoms with Crippen LogP contribution >= 0.6 is 0 Å². The predicted octanol–water partition coefficient (Wildman–Crippen LogP) is 3.77. The third-order valence-corrected chi connectivity index (χ3v) is 4.50. The molecule has 1 heterocycles. The van der Waals surface area contributed by atoms with E-state index in [1.54, 1.807) is 18.1 Å². The lowest BCUT2D eigenvalue weighted by Crippen LogP contribution is -2.36. The number of carbonyl (C=O) groups excluding carboxylic acids is 1. The van der Waals surface area contributed by atoms with Crippen molar-refractivity contribution in [3.63, 3.8) is 0 Å². The molecular formula is C21H23FN2O3. The van der Waals surface area contributed by atoms with E-state index >= 15 is 0 Å². The Morgan fingerprint density at radius 2 is 2.07 bits per heavy atom. The van der Waals surface area contributed by atoms with Crippen LogP contribution < -0.4 is 4.74 Å². The number of nitrogens with zero attached hydrogens (tertiary/aromatic N) is 2. The van der Waals surface area contributed by atoms with Gasteiger partial charge < -0.3 is 14.5 Å². The zero-order valence-corrected chi connectivity index (χ0v) is 15.5. The van der Waals surface area contributed by atoms with Gasteiger partial charge in [0.05, 0.1) is 19.4 Å². The van der Waals surface area contributed by atoms with Crippen LogP contribution in [0.5, 0.6) is 5.75 Å². The highest BCUT2D eigenvalue weighted by Gasteiger charge is 2.26. The van der Waals surface area contributed by atoms with Gasteiger partial charge in [-0.25, -0.2) is 4.39 Å². The molecule has 0 aliphatic carbocycles. The van der Waals surface area contributed by atoms with Crippen molar-refractivity contribution in [2.24, 2.45) is 5.16 Å². The lowest BCUT2D eigenvalue weighted by Gasteiger charge is -2.24. The quantitative estimate of drug-likeness (QED) is 0.746. The third-order valence-electron chi connectivity index (χ3n) is 4.50. The van der Waals surface area contributed by atoms with Crippen molar-refractivity contribution >= 4 is 11.6 Å². The summed E-state index contributed by atoms with van der Waals surface area (Å²) in [4.78, 5) is 19.6. The molecule has 1 atom stereocenters. The molecule has 2 aromatic rings. The summed E-state index contributed by atoms with van der Waals surface area (Å²) in [5.74, 6) is 0.476. The Bertz CT molecular complexity index is 820. The molecule has 1 unspecified atom stereocenters. The van der Waals surface area contributed by atoms with E-state index in [4.69, 9.17) is 9.57 Å². The molecule has 1 amide bonds. The summed E-state index contributed by atoms with van der Waals surface area (Å²) in [5, 5.41) is 4.18. The van der Waals surface area contributed by atoms with Gasteiger partial charge in [0.15, 0.2) is 6.10 Å². The number of rotatable bonds is 7. The Morgan fingerprint density at radius 1 is 1.30 bits per heavy atom. The smallest absolute Gasteiger partial charge is 0.222 e. The molecule has 1 aliphatic rings. The van der Waals surface area contributed by atoms with Crippen LogP contribution in [-0.2, 0) is 16.2 Å². The number of benzene rings is 2. The average Bonchev–Trinajstić information content (AvgIpc) is 3.15. The molecule has 0 spiro atoms. The summed E-state index contributed by atoms with van der Waals surface area (Å²) in [6.07, 6.45) is 0.781. The predicted molar refractivity (Wildman–Crippen MR) is 101 cm³/mol. The summed E-state index contributed by atoms with van der Waals surface area (Å²) in [6.45, 7) is 2.57. The monoisotopic (exact) mass is 370 g/mol. The maximum absolute atomic E-state index is 13.4. The zero-order chi connectivity index (χ0) is 19.2. The van der Waals surface area contributed by atoms with Crippen molar-refractivity contribution in [1.29, 1.82) is 0 Å². The Kier molecular flexibility index (Phi) is 6.06. The van der Waals surface area contributed by atoms with E-state index < -0.39 is 0 Å². The molecule has 27 heavy (non-hydrogen) atoms. The van der Waals surface area contributed by atoms with Gasteiger partial charge in [0.1, 0.15) is 11.6 Å². The molecule has 0 saturated carbocycles. The minimum atomic E-state index is -0.307. The molecule has 0 aromatic heterocycles. The highest BCUT2D eigenvalue weighted by atomic mass is 19.1. The van der Waals surface area contributed by atoms with Crippen LogP contribution in [0.2, 0.25) is 0 Å². The molecule has 6 heteroatoms. The lowest BCUT2D eigenvalue weighted by atomic mass is 10.0. The zero-order valence-electron chi connectivity index (χ0n) is 15.5. The first-order valence-corrected chi connectivity index (χ1v) is 8.98. The SMILES string of the molecule is CCC(=O)N(Cc1cccc(F)c1)CC1CC(c2ccc(OC)cc2)=NO1. The van der Waals surface area contributed by atoms with Crippen LogP contribution in [0.3, 0.4) is 0 Å². The van der Waals surface area contributed by atoms with E-state index in [1.807, 2.05) is 37.3 Å². The van der Waals surface area contributed by atoms with E-state index in [1.165, 1.54) is 12.1 Å². The van der Waals surface area contributed by atoms with Gasteiger partial charge in [-0.1, -0.05) is 24.2 Å². The van der Waals surface area contributed by atoms with Gasteiger partial charge in [0, 0.05) is 19.4 Å². The molecule has 0 radical (unpaired) electrons. The van der Waals surface area contributed by atoms with Crippen LogP contribution in [0.15, 0.2) is 53.7 Å². The van der Waals surface area contributed by atoms with Crippen molar-refractivity contribution in [2.75, 3.05) is 13.7 Å². The second-order valence-electron chi connectivity index (χ2n) is 6.46. The normalized spacial score (nSPS) is 15.8. The van der Waals surface area contributed by atoms with E-state index in [9.17, 15) is 9.18 Å². The fourth-order valence-electron chi connectivity index (χ4n) is 3.06. The Labute approximate surface area is 158 Å². The minimum Gasteiger partial charge on any atom is -0.497 e. The van der Waals surface area contributed by atoms with Gasteiger partial charge in [-0.05, 0) is 47.5 Å². The first-order chi connectivity index (χ1) is 13.1. The fraction of sp³-hybridized carbons (Fsp3) is 0.333. The molecule has 5 nitrogen and oxygen atoms in total. The van der Waals surface area contributed by atoms with Crippen LogP contribution in [0, 0.1) is 5.82 Å². The van der Waals surface area contributed by atoms with Gasteiger partial charge in [0.2, 0.25) is 5.91 Å². The van der Waals surface area contributed by atoms with E-state index in [0.29, 0.717) is 25.9 Å². The van der Waals surface area contributed by atoms with Gasteiger partial charge in [-0.2, -0.15) is 0 Å². The Balaban J connectivity index is 1.64. The number of carbonyl (C=O) groups is 1. The standard InChI is InChI=1S/C21H23FN2O3/c1-3-21(25)24(13-15-5-4-6-17(22)11-15)14-19-12-20(23-27-19)16-7-9-18(26-2)10-8-16/h4-11,19H,3,12-14H2,1-2H3. The van der Waals surface area contributed by atoms with Crippen LogP contribution in [0.4, 0.5) is 4.39 Å². The Hall–Kier alpha value is -2.89. The van der Waals surface area contributed by atoms with Crippen molar-refractivity contribution in [3.8, 4) is 5.75 Å². The molecule has 0 N–H and O–H groups in total. The highest BCUT2D eigenvalue weighted by molar-refractivity contribution is 6.01. The first kappa shape index (κ1) is 18.9. The summed E-state index contributed by atoms with van der Waals surface area (Å²) in [5.41, 5.74) is 2.57. The van der Waals surface area contributed by atoms with E-state index in [0.717, 1.165) is 22.6 Å². The van der Waals surface area contributed by atoms with E-state index in [2.05, 4.69) is 5.16 Å². The van der Waals surface area contributed by atoms with Gasteiger partial charge >= 0.3 is 0 Å². The molecule has 142 valence electrons. The van der Waals surface area contributed by atoms with Gasteiger partial charge in [-0.3, -0.25) is 4.79 Å². The molecular weight excluding hydrogens is 347 g/mol. The van der Waals surface area contributed by atoms with E-state index in [-0.39, 0.29) is 17.8 Å². The van der Waals surface area contributed by atoms with Gasteiger partial charge in [0.25, 0.3) is 0 Å². The topological polar surface area (TPSA) is 51.1 Å². The second kappa shape index (κ2) is 8.66. The number of oxime groups is 1. The maximum Gasteiger partial charge on any atom is 0.222 e. The largest absolute Gasteiger partial charge is 0.497 e. The lowest BCUT2D eigenvalue weighted by molar-refractivity contribution is -0.133. The van der Waals surface area contributed by atoms with Crippen molar-refractivity contribution in [2.45, 2.75) is 32.4 Å². The number of hydrogen-bond donors (Lipinski definition) is 0. The van der Waals surface area contributed by atoms with Crippen molar-refractivity contribution < 1.29 is 18.8 Å². The summed E-state index contributed by atoms with van der Waals surface area (Å²) in [6, 6.07) is 13.9. The summed E-state index contributed by atoms with van der Waals surface area (Å²) < 4.78 is 18.6. The molecule has 0 saturated heterocycles. The number of amides is 1. The van der Waals surface area contributed by atoms with Crippen molar-refractivity contribution in [1.82, 2.24) is 4.90 Å². The fourth-order valence-corrected chi connectivity index (χ4v) is 3.06. The molecule has 2 aromatic carbocycles. The number of halogens is 1. The Morgan fingerprint density at radius 3 is 2.74 bits per heavy atom. The van der Waals surface area contributed by atoms with Gasteiger partial charge in [-0.15, -0.1) is 0 Å². The van der Waals surface area contributed by atoms with Crippen LogP contribution in [-0.4, -0.2) is 36.3 Å². The van der Waals surface area contributed by atoms with Crippen molar-refractivity contribution in [3.05, 3.63) is 65.5 Å². The molecule has 0 fully saturated rings. The minimum absolute atomic E-state index is 0.000702. The molecule has 0 bridgehead atoms. The number of methoxy groups -OCH3 is 1. The van der Waals surface area contributed by atoms with Crippen LogP contribution in [0.1, 0.15) is 30.9 Å². The number of ether oxygens (including phenoxy) is 1. The molecule has 3 rings (SSSR count). The summed E-state index contributed by atoms with van der Waals surface area (Å²) >= 11 is 0. The van der Waals surface area contributed by atoms with Crippen LogP contribution in [0.25, 0.3) is 0 Å². The average molecular weight is 370 g/mol.